The smallest absolute Gasteiger partial charge is 0.0592 e. The van der Waals surface area contributed by atoms with Gasteiger partial charge in [0.05, 0.1) is 10.4 Å². The molecule has 4 rings (SSSR count). The highest BCUT2D eigenvalue weighted by molar-refractivity contribution is 7.26. The zero-order valence-electron chi connectivity index (χ0n) is 13.6. The van der Waals surface area contributed by atoms with Crippen molar-refractivity contribution in [3.63, 3.8) is 0 Å². The van der Waals surface area contributed by atoms with Crippen LogP contribution >= 0.6 is 11.3 Å². The topological polar surface area (TPSA) is 3.24 Å². The Bertz CT molecular complexity index is 1010. The summed E-state index contributed by atoms with van der Waals surface area (Å²) in [6.45, 7) is 4.33. The molecule has 114 valence electrons. The molecule has 0 N–H and O–H groups in total. The molecule has 0 unspecified atom stereocenters. The molecule has 1 aromatic heterocycles. The highest BCUT2D eigenvalue weighted by Crippen LogP contribution is 2.41. The standard InChI is InChI=1S/C21H19NS/c1-14-11-12-18(15(2)13-14)22(3)19-9-6-8-17-16-7-4-5-10-20(16)23-21(17)19/h4-13H,1-3H3. The van der Waals surface area contributed by atoms with Crippen LogP contribution in [0.2, 0.25) is 0 Å². The molecule has 0 atom stereocenters. The normalized spacial score (nSPS) is 11.3. The van der Waals surface area contributed by atoms with E-state index in [1.165, 1.54) is 42.7 Å². The molecule has 0 aliphatic carbocycles. The third-order valence-electron chi connectivity index (χ3n) is 4.46. The maximum atomic E-state index is 2.31. The number of benzene rings is 3. The van der Waals surface area contributed by atoms with Gasteiger partial charge in [0.2, 0.25) is 0 Å². The van der Waals surface area contributed by atoms with Crippen LogP contribution in [0.25, 0.3) is 20.2 Å². The fourth-order valence-corrected chi connectivity index (χ4v) is 4.56. The molecule has 4 aromatic rings. The summed E-state index contributed by atoms with van der Waals surface area (Å²) in [5, 5.41) is 2.70. The van der Waals surface area contributed by atoms with E-state index in [2.05, 4.69) is 86.5 Å². The third kappa shape index (κ3) is 2.30. The second kappa shape index (κ2) is 5.39. The number of nitrogens with zero attached hydrogens (tertiary/aromatic N) is 1. The van der Waals surface area contributed by atoms with E-state index < -0.39 is 0 Å². The van der Waals surface area contributed by atoms with E-state index in [-0.39, 0.29) is 0 Å². The highest BCUT2D eigenvalue weighted by atomic mass is 32.1. The lowest BCUT2D eigenvalue weighted by Crippen LogP contribution is -2.10. The van der Waals surface area contributed by atoms with Crippen molar-refractivity contribution >= 4 is 42.9 Å². The molecular weight excluding hydrogens is 298 g/mol. The minimum absolute atomic E-state index is 1.26. The maximum absolute atomic E-state index is 2.31. The number of aryl methyl sites for hydroxylation is 2. The molecule has 0 radical (unpaired) electrons. The molecule has 2 heteroatoms. The van der Waals surface area contributed by atoms with Crippen LogP contribution in [0.4, 0.5) is 11.4 Å². The van der Waals surface area contributed by atoms with Crippen LogP contribution in [-0.4, -0.2) is 7.05 Å². The van der Waals surface area contributed by atoms with Gasteiger partial charge in [0.25, 0.3) is 0 Å². The second-order valence-electron chi connectivity index (χ2n) is 6.10. The summed E-state index contributed by atoms with van der Waals surface area (Å²) in [5.74, 6) is 0. The molecule has 3 aromatic carbocycles. The van der Waals surface area contributed by atoms with E-state index >= 15 is 0 Å². The van der Waals surface area contributed by atoms with E-state index in [0.29, 0.717) is 0 Å². The zero-order valence-corrected chi connectivity index (χ0v) is 14.4. The summed E-state index contributed by atoms with van der Waals surface area (Å²) in [7, 11) is 2.16. The second-order valence-corrected chi connectivity index (χ2v) is 7.15. The molecule has 1 nitrogen and oxygen atoms in total. The molecule has 0 aliphatic rings. The number of thiophene rings is 1. The van der Waals surface area contributed by atoms with Gasteiger partial charge < -0.3 is 4.90 Å². The summed E-state index contributed by atoms with van der Waals surface area (Å²) in [6, 6.07) is 21.9. The summed E-state index contributed by atoms with van der Waals surface area (Å²) in [5.41, 5.74) is 5.15. The highest BCUT2D eigenvalue weighted by Gasteiger charge is 2.13. The van der Waals surface area contributed by atoms with E-state index in [9.17, 15) is 0 Å². The fourth-order valence-electron chi connectivity index (χ4n) is 3.31. The Labute approximate surface area is 140 Å². The van der Waals surface area contributed by atoms with E-state index in [0.717, 1.165) is 0 Å². The van der Waals surface area contributed by atoms with E-state index in [4.69, 9.17) is 0 Å². The zero-order chi connectivity index (χ0) is 16.0. The first-order chi connectivity index (χ1) is 11.1. The van der Waals surface area contributed by atoms with Gasteiger partial charge in [0.15, 0.2) is 0 Å². The average Bonchev–Trinajstić information content (AvgIpc) is 2.93. The molecule has 0 fully saturated rings. The van der Waals surface area contributed by atoms with Crippen molar-refractivity contribution in [2.24, 2.45) is 0 Å². The number of anilines is 2. The van der Waals surface area contributed by atoms with E-state index in [1.807, 2.05) is 11.3 Å². The third-order valence-corrected chi connectivity index (χ3v) is 5.67. The Hall–Kier alpha value is -2.32. The first kappa shape index (κ1) is 14.3. The number of rotatable bonds is 2. The van der Waals surface area contributed by atoms with Crippen molar-refractivity contribution in [3.05, 3.63) is 71.8 Å². The first-order valence-electron chi connectivity index (χ1n) is 7.86. The molecule has 0 spiro atoms. The summed E-state index contributed by atoms with van der Waals surface area (Å²) in [6.07, 6.45) is 0. The minimum Gasteiger partial charge on any atom is -0.343 e. The summed E-state index contributed by atoms with van der Waals surface area (Å²) >= 11 is 1.88. The van der Waals surface area contributed by atoms with Crippen molar-refractivity contribution in [2.75, 3.05) is 11.9 Å². The lowest BCUT2D eigenvalue weighted by molar-refractivity contribution is 1.19. The molecule has 1 heterocycles. The van der Waals surface area contributed by atoms with Crippen LogP contribution in [-0.2, 0) is 0 Å². The van der Waals surface area contributed by atoms with Crippen molar-refractivity contribution in [3.8, 4) is 0 Å². The van der Waals surface area contributed by atoms with Crippen molar-refractivity contribution in [1.29, 1.82) is 0 Å². The lowest BCUT2D eigenvalue weighted by atomic mass is 10.1. The van der Waals surface area contributed by atoms with Crippen molar-refractivity contribution in [2.45, 2.75) is 13.8 Å². The lowest BCUT2D eigenvalue weighted by Gasteiger charge is -2.22. The van der Waals surface area contributed by atoms with Crippen LogP contribution < -0.4 is 4.90 Å². The quantitative estimate of drug-likeness (QED) is 0.411. The number of hydrogen-bond acceptors (Lipinski definition) is 2. The monoisotopic (exact) mass is 317 g/mol. The first-order valence-corrected chi connectivity index (χ1v) is 8.68. The van der Waals surface area contributed by atoms with Crippen LogP contribution in [0.5, 0.6) is 0 Å². The summed E-state index contributed by atoms with van der Waals surface area (Å²) in [4.78, 5) is 2.31. The predicted molar refractivity (Wildman–Crippen MR) is 103 cm³/mol. The molecule has 0 saturated carbocycles. The predicted octanol–water partition coefficient (Wildman–Crippen LogP) is 6.44. The minimum atomic E-state index is 1.26. The SMILES string of the molecule is Cc1ccc(N(C)c2cccc3c2sc2ccccc23)c(C)c1. The van der Waals surface area contributed by atoms with Crippen molar-refractivity contribution in [1.82, 2.24) is 0 Å². The van der Waals surface area contributed by atoms with Crippen LogP contribution in [0, 0.1) is 13.8 Å². The van der Waals surface area contributed by atoms with Gasteiger partial charge in [-0.25, -0.2) is 0 Å². The number of hydrogen-bond donors (Lipinski definition) is 0. The Balaban J connectivity index is 1.94. The fraction of sp³-hybridized carbons (Fsp3) is 0.143. The van der Waals surface area contributed by atoms with Crippen molar-refractivity contribution < 1.29 is 0 Å². The van der Waals surface area contributed by atoms with Gasteiger partial charge in [-0.05, 0) is 37.6 Å². The van der Waals surface area contributed by atoms with Gasteiger partial charge in [-0.3, -0.25) is 0 Å². The maximum Gasteiger partial charge on any atom is 0.0592 e. The van der Waals surface area contributed by atoms with Gasteiger partial charge in [0, 0.05) is 28.2 Å². The molecule has 0 aliphatic heterocycles. The van der Waals surface area contributed by atoms with Gasteiger partial charge in [-0.2, -0.15) is 0 Å². The molecular formula is C21H19NS. The van der Waals surface area contributed by atoms with Gasteiger partial charge in [-0.1, -0.05) is 48.0 Å². The largest absolute Gasteiger partial charge is 0.343 e. The summed E-state index contributed by atoms with van der Waals surface area (Å²) < 4.78 is 2.71. The Morgan fingerprint density at radius 2 is 1.57 bits per heavy atom. The van der Waals surface area contributed by atoms with Crippen LogP contribution in [0.1, 0.15) is 11.1 Å². The van der Waals surface area contributed by atoms with E-state index in [1.54, 1.807) is 0 Å². The molecule has 0 saturated heterocycles. The van der Waals surface area contributed by atoms with Crippen LogP contribution in [0.3, 0.4) is 0 Å². The van der Waals surface area contributed by atoms with Gasteiger partial charge >= 0.3 is 0 Å². The molecule has 0 bridgehead atoms. The molecule has 0 amide bonds. The Kier molecular flexibility index (Phi) is 3.35. The molecule has 23 heavy (non-hydrogen) atoms. The van der Waals surface area contributed by atoms with Gasteiger partial charge in [0.1, 0.15) is 0 Å². The van der Waals surface area contributed by atoms with Gasteiger partial charge in [-0.15, -0.1) is 11.3 Å². The van der Waals surface area contributed by atoms with Crippen LogP contribution in [0.15, 0.2) is 60.7 Å². The Morgan fingerprint density at radius 1 is 0.783 bits per heavy atom. The Morgan fingerprint density at radius 3 is 2.39 bits per heavy atom. The average molecular weight is 317 g/mol. The number of fused-ring (bicyclic) bond motifs is 3.